The van der Waals surface area contributed by atoms with Gasteiger partial charge in [-0.3, -0.25) is 19.2 Å². The van der Waals surface area contributed by atoms with Gasteiger partial charge >= 0.3 is 0 Å². The molecule has 0 heterocycles. The zero-order valence-electron chi connectivity index (χ0n) is 25.4. The fraction of sp³-hybridized carbons (Fsp3) is 0.706. The Bertz CT molecular complexity index is 894. The van der Waals surface area contributed by atoms with E-state index in [1.165, 1.54) is 32.6 Å². The maximum absolute atomic E-state index is 12.7. The van der Waals surface area contributed by atoms with E-state index in [-0.39, 0.29) is 35.6 Å². The summed E-state index contributed by atoms with van der Waals surface area (Å²) in [6, 6.07) is 6.10. The topological polar surface area (TPSA) is 68.3 Å². The van der Waals surface area contributed by atoms with E-state index < -0.39 is 0 Å². The number of carbonyl (C=O) groups excluding carboxylic acids is 4. The van der Waals surface area contributed by atoms with Crippen LogP contribution in [0.1, 0.15) is 140 Å². The Morgan fingerprint density at radius 3 is 2.08 bits per heavy atom. The molecule has 3 atom stereocenters. The SMILES string of the molecule is CC(=O)C1CCCCC1.CCC.CCCC(CC1CC(=O)c2c(C)cccc2C1)C(CC)C(=O)CC(C)=O. The van der Waals surface area contributed by atoms with Gasteiger partial charge < -0.3 is 0 Å². The summed E-state index contributed by atoms with van der Waals surface area (Å²) in [5, 5.41) is 0. The largest absolute Gasteiger partial charge is 0.300 e. The molecule has 1 aromatic carbocycles. The van der Waals surface area contributed by atoms with Crippen molar-refractivity contribution in [2.24, 2.45) is 23.7 Å². The number of benzene rings is 1. The molecule has 4 heteroatoms. The van der Waals surface area contributed by atoms with Gasteiger partial charge in [-0.15, -0.1) is 0 Å². The Kier molecular flexibility index (Phi) is 16.3. The van der Waals surface area contributed by atoms with E-state index in [0.29, 0.717) is 24.0 Å². The third-order valence-electron chi connectivity index (χ3n) is 7.94. The van der Waals surface area contributed by atoms with Gasteiger partial charge in [0, 0.05) is 23.8 Å². The van der Waals surface area contributed by atoms with Gasteiger partial charge in [-0.25, -0.2) is 0 Å². The summed E-state index contributed by atoms with van der Waals surface area (Å²) in [7, 11) is 0. The molecule has 0 aromatic heterocycles. The summed E-state index contributed by atoms with van der Waals surface area (Å²) in [5.41, 5.74) is 3.14. The first kappa shape index (κ1) is 33.9. The molecular weight excluding hydrogens is 472 g/mol. The Balaban J connectivity index is 0.000000497. The summed E-state index contributed by atoms with van der Waals surface area (Å²) < 4.78 is 0. The van der Waals surface area contributed by atoms with Crippen LogP contribution in [0.2, 0.25) is 0 Å². The lowest BCUT2D eigenvalue weighted by molar-refractivity contribution is -0.130. The number of fused-ring (bicyclic) bond motifs is 1. The van der Waals surface area contributed by atoms with Crippen molar-refractivity contribution in [3.05, 3.63) is 34.9 Å². The monoisotopic (exact) mass is 526 g/mol. The van der Waals surface area contributed by atoms with Crippen LogP contribution in [0.4, 0.5) is 0 Å². The zero-order valence-corrected chi connectivity index (χ0v) is 25.4. The quantitative estimate of drug-likeness (QED) is 0.286. The molecule has 0 aliphatic heterocycles. The van der Waals surface area contributed by atoms with Crippen molar-refractivity contribution in [2.75, 3.05) is 0 Å². The predicted octanol–water partition coefficient (Wildman–Crippen LogP) is 8.69. The predicted molar refractivity (Wildman–Crippen MR) is 158 cm³/mol. The first-order chi connectivity index (χ1) is 18.1. The number of hydrogen-bond acceptors (Lipinski definition) is 4. The molecule has 1 saturated carbocycles. The highest BCUT2D eigenvalue weighted by Crippen LogP contribution is 2.36. The first-order valence-corrected chi connectivity index (χ1v) is 15.2. The van der Waals surface area contributed by atoms with Crippen molar-refractivity contribution in [3.63, 3.8) is 0 Å². The lowest BCUT2D eigenvalue weighted by atomic mass is 9.72. The summed E-state index contributed by atoms with van der Waals surface area (Å²) in [6.45, 7) is 13.6. The summed E-state index contributed by atoms with van der Waals surface area (Å²) in [6.07, 6.45) is 12.6. The number of ketones is 4. The number of hydrogen-bond donors (Lipinski definition) is 0. The standard InChI is InChI=1S/C23H32O3.C8H14O.C3H8/c1-5-8-18(20(6-2)21(25)11-16(4)24)12-17-13-19-10-7-9-15(3)23(19)22(26)14-17;1-7(9)8-5-3-2-4-6-8;1-3-2/h7,9-10,17-18,20H,5-6,8,11-14H2,1-4H3;8H,2-6H2,1H3;3H2,1-2H3. The Morgan fingerprint density at radius 1 is 0.947 bits per heavy atom. The molecule has 0 radical (unpaired) electrons. The minimum atomic E-state index is -0.0622. The fourth-order valence-corrected chi connectivity index (χ4v) is 6.20. The van der Waals surface area contributed by atoms with Crippen molar-refractivity contribution in [3.8, 4) is 0 Å². The summed E-state index contributed by atoms with van der Waals surface area (Å²) in [4.78, 5) is 47.4. The van der Waals surface area contributed by atoms with Crippen molar-refractivity contribution in [1.29, 1.82) is 0 Å². The fourth-order valence-electron chi connectivity index (χ4n) is 6.20. The Hall–Kier alpha value is -2.10. The third-order valence-corrected chi connectivity index (χ3v) is 7.94. The van der Waals surface area contributed by atoms with Crippen LogP contribution in [-0.2, 0) is 20.8 Å². The van der Waals surface area contributed by atoms with Gasteiger partial charge in [0.25, 0.3) is 0 Å². The van der Waals surface area contributed by atoms with Crippen molar-refractivity contribution < 1.29 is 19.2 Å². The van der Waals surface area contributed by atoms with Gasteiger partial charge in [-0.05, 0) is 75.8 Å². The van der Waals surface area contributed by atoms with E-state index >= 15 is 0 Å². The lowest BCUT2D eigenvalue weighted by Gasteiger charge is -2.31. The van der Waals surface area contributed by atoms with Crippen LogP contribution in [0.25, 0.3) is 0 Å². The molecule has 2 aliphatic carbocycles. The van der Waals surface area contributed by atoms with Gasteiger partial charge in [-0.1, -0.05) is 84.4 Å². The highest BCUT2D eigenvalue weighted by atomic mass is 16.1. The van der Waals surface area contributed by atoms with Gasteiger partial charge in [0.2, 0.25) is 0 Å². The molecule has 0 spiro atoms. The molecule has 1 aromatic rings. The van der Waals surface area contributed by atoms with Crippen LogP contribution in [0.3, 0.4) is 0 Å². The maximum Gasteiger partial charge on any atom is 0.163 e. The molecule has 2 aliphatic rings. The highest BCUT2D eigenvalue weighted by Gasteiger charge is 2.32. The number of Topliss-reactive ketones (excluding diaryl/α,β-unsaturated/α-hetero) is 4. The van der Waals surface area contributed by atoms with Gasteiger partial charge in [0.15, 0.2) is 5.78 Å². The van der Waals surface area contributed by atoms with Gasteiger partial charge in [0.05, 0.1) is 6.42 Å². The highest BCUT2D eigenvalue weighted by molar-refractivity contribution is 6.00. The van der Waals surface area contributed by atoms with Crippen molar-refractivity contribution >= 4 is 23.1 Å². The molecule has 0 saturated heterocycles. The molecule has 1 fully saturated rings. The third kappa shape index (κ3) is 11.3. The Morgan fingerprint density at radius 2 is 1.58 bits per heavy atom. The first-order valence-electron chi connectivity index (χ1n) is 15.2. The second-order valence-electron chi connectivity index (χ2n) is 11.6. The van der Waals surface area contributed by atoms with E-state index in [1.54, 1.807) is 6.92 Å². The molecule has 38 heavy (non-hydrogen) atoms. The molecule has 3 unspecified atom stereocenters. The van der Waals surface area contributed by atoms with Gasteiger partial charge in [0.1, 0.15) is 17.3 Å². The Labute approximate surface area is 232 Å². The van der Waals surface area contributed by atoms with Crippen LogP contribution >= 0.6 is 0 Å². The van der Waals surface area contributed by atoms with Crippen LogP contribution in [0.5, 0.6) is 0 Å². The van der Waals surface area contributed by atoms with Crippen LogP contribution in [-0.4, -0.2) is 23.1 Å². The molecule has 0 amide bonds. The molecule has 0 N–H and O–H groups in total. The average molecular weight is 527 g/mol. The van der Waals surface area contributed by atoms with Crippen molar-refractivity contribution in [2.45, 2.75) is 132 Å². The van der Waals surface area contributed by atoms with Crippen LogP contribution in [0, 0.1) is 30.6 Å². The van der Waals surface area contributed by atoms with E-state index in [0.717, 1.165) is 61.6 Å². The van der Waals surface area contributed by atoms with E-state index in [2.05, 4.69) is 26.8 Å². The number of carbonyl (C=O) groups is 4. The zero-order chi connectivity index (χ0) is 28.7. The maximum atomic E-state index is 12.7. The second kappa shape index (κ2) is 18.2. The summed E-state index contributed by atoms with van der Waals surface area (Å²) >= 11 is 0. The minimum absolute atomic E-state index is 0.0460. The number of aryl methyl sites for hydroxylation is 1. The van der Waals surface area contributed by atoms with Gasteiger partial charge in [-0.2, -0.15) is 0 Å². The average Bonchev–Trinajstić information content (AvgIpc) is 2.85. The normalized spacial score (nSPS) is 18.6. The summed E-state index contributed by atoms with van der Waals surface area (Å²) in [5.74, 6) is 1.58. The van der Waals surface area contributed by atoms with Crippen LogP contribution in [0.15, 0.2) is 18.2 Å². The van der Waals surface area contributed by atoms with Crippen molar-refractivity contribution in [1.82, 2.24) is 0 Å². The molecule has 214 valence electrons. The van der Waals surface area contributed by atoms with E-state index in [1.807, 2.05) is 26.0 Å². The second-order valence-corrected chi connectivity index (χ2v) is 11.6. The van der Waals surface area contributed by atoms with E-state index in [9.17, 15) is 19.2 Å². The van der Waals surface area contributed by atoms with Crippen LogP contribution < -0.4 is 0 Å². The molecule has 0 bridgehead atoms. The lowest BCUT2D eigenvalue weighted by Crippen LogP contribution is -2.29. The number of rotatable bonds is 10. The minimum Gasteiger partial charge on any atom is -0.300 e. The smallest absolute Gasteiger partial charge is 0.163 e. The molecule has 4 nitrogen and oxygen atoms in total. The molecule has 3 rings (SSSR count). The molecular formula is C34H54O4. The van der Waals surface area contributed by atoms with E-state index in [4.69, 9.17) is 0 Å².